The summed E-state index contributed by atoms with van der Waals surface area (Å²) in [6.07, 6.45) is 4.96. The van der Waals surface area contributed by atoms with E-state index in [9.17, 15) is 14.4 Å². The molecule has 0 aliphatic carbocycles. The molecule has 0 saturated carbocycles. The molecule has 1 saturated heterocycles. The van der Waals surface area contributed by atoms with Crippen LogP contribution >= 0.6 is 0 Å². The van der Waals surface area contributed by atoms with Gasteiger partial charge < -0.3 is 24.7 Å². The molecular weight excluding hydrogens is 374 g/mol. The van der Waals surface area contributed by atoms with E-state index in [1.54, 1.807) is 29.2 Å². The second kappa shape index (κ2) is 8.48. The number of amides is 3. The van der Waals surface area contributed by atoms with Crippen molar-refractivity contribution in [3.8, 4) is 0 Å². The Morgan fingerprint density at radius 3 is 2.79 bits per heavy atom. The number of nitrogens with zero attached hydrogens (tertiary/aromatic N) is 1. The summed E-state index contributed by atoms with van der Waals surface area (Å²) in [5.74, 6) is -1.42. The Morgan fingerprint density at radius 1 is 1.14 bits per heavy atom. The van der Waals surface area contributed by atoms with Crippen LogP contribution in [0, 0.1) is 0 Å². The molecule has 4 rings (SSSR count). The molecule has 2 N–H and O–H groups in total. The molecule has 152 valence electrons. The highest BCUT2D eigenvalue weighted by Gasteiger charge is 2.26. The van der Waals surface area contributed by atoms with Crippen LogP contribution in [0.25, 0.3) is 0 Å². The van der Waals surface area contributed by atoms with Crippen LogP contribution in [-0.4, -0.2) is 43.5 Å². The number of furan rings is 1. The number of ether oxygens (including phenoxy) is 1. The van der Waals surface area contributed by atoms with E-state index < -0.39 is 11.8 Å². The summed E-state index contributed by atoms with van der Waals surface area (Å²) in [5, 5.41) is 5.21. The molecule has 0 unspecified atom stereocenters. The number of benzene rings is 1. The van der Waals surface area contributed by atoms with Crippen LogP contribution in [0.15, 0.2) is 41.0 Å². The van der Waals surface area contributed by atoms with Gasteiger partial charge in [0.15, 0.2) is 5.76 Å². The molecule has 2 aliphatic rings. The van der Waals surface area contributed by atoms with Crippen LogP contribution in [0.1, 0.15) is 35.4 Å². The van der Waals surface area contributed by atoms with E-state index in [4.69, 9.17) is 9.15 Å². The topological polar surface area (TPSA) is 101 Å². The van der Waals surface area contributed by atoms with Crippen molar-refractivity contribution in [1.29, 1.82) is 0 Å². The van der Waals surface area contributed by atoms with E-state index in [0.29, 0.717) is 25.4 Å². The number of nitrogens with one attached hydrogen (secondary N) is 2. The van der Waals surface area contributed by atoms with Gasteiger partial charge in [-0.25, -0.2) is 0 Å². The first-order valence-electron chi connectivity index (χ1n) is 9.81. The van der Waals surface area contributed by atoms with Gasteiger partial charge in [-0.15, -0.1) is 0 Å². The molecular formula is C21H23N3O5. The third-order valence-electron chi connectivity index (χ3n) is 5.16. The van der Waals surface area contributed by atoms with Gasteiger partial charge in [-0.05, 0) is 55.5 Å². The summed E-state index contributed by atoms with van der Waals surface area (Å²) in [4.78, 5) is 38.7. The van der Waals surface area contributed by atoms with Crippen LogP contribution in [0.5, 0.6) is 0 Å². The van der Waals surface area contributed by atoms with Gasteiger partial charge in [-0.3, -0.25) is 14.4 Å². The number of hydrogen-bond acceptors (Lipinski definition) is 5. The quantitative estimate of drug-likeness (QED) is 0.770. The molecule has 1 atom stereocenters. The summed E-state index contributed by atoms with van der Waals surface area (Å²) in [6, 6.07) is 8.63. The van der Waals surface area contributed by atoms with E-state index in [1.807, 2.05) is 6.07 Å². The van der Waals surface area contributed by atoms with Gasteiger partial charge in [0.2, 0.25) is 0 Å². The third-order valence-corrected chi connectivity index (χ3v) is 5.16. The number of carbonyl (C=O) groups is 3. The van der Waals surface area contributed by atoms with E-state index in [2.05, 4.69) is 10.6 Å². The Balaban J connectivity index is 1.44. The van der Waals surface area contributed by atoms with Gasteiger partial charge in [0.1, 0.15) is 0 Å². The van der Waals surface area contributed by atoms with Crippen molar-refractivity contribution in [3.63, 3.8) is 0 Å². The zero-order valence-electron chi connectivity index (χ0n) is 16.0. The van der Waals surface area contributed by atoms with Crippen LogP contribution < -0.4 is 15.5 Å². The molecule has 29 heavy (non-hydrogen) atoms. The third kappa shape index (κ3) is 4.32. The SMILES string of the molecule is O=C(NC[C@@H]1CCCO1)C(=O)Nc1ccc2c(c1)N(C(=O)c1ccco1)CCC2. The lowest BCUT2D eigenvalue weighted by molar-refractivity contribution is -0.136. The molecule has 1 aromatic heterocycles. The maximum atomic E-state index is 12.7. The van der Waals surface area contributed by atoms with Gasteiger partial charge in [-0.2, -0.15) is 0 Å². The Labute approximate surface area is 168 Å². The molecule has 2 aliphatic heterocycles. The molecule has 3 heterocycles. The lowest BCUT2D eigenvalue weighted by atomic mass is 10.0. The number of fused-ring (bicyclic) bond motifs is 1. The highest BCUT2D eigenvalue weighted by atomic mass is 16.5. The predicted molar refractivity (Wildman–Crippen MR) is 106 cm³/mol. The summed E-state index contributed by atoms with van der Waals surface area (Å²) >= 11 is 0. The molecule has 0 spiro atoms. The van der Waals surface area contributed by atoms with Crippen molar-refractivity contribution in [2.75, 3.05) is 29.9 Å². The second-order valence-electron chi connectivity index (χ2n) is 7.18. The maximum Gasteiger partial charge on any atom is 0.313 e. The van der Waals surface area contributed by atoms with Gasteiger partial charge in [0.25, 0.3) is 5.91 Å². The van der Waals surface area contributed by atoms with E-state index in [-0.39, 0.29) is 17.8 Å². The summed E-state index contributed by atoms with van der Waals surface area (Å²) in [6.45, 7) is 1.57. The summed E-state index contributed by atoms with van der Waals surface area (Å²) in [5.41, 5.74) is 2.19. The molecule has 8 heteroatoms. The zero-order valence-corrected chi connectivity index (χ0v) is 16.0. The average Bonchev–Trinajstić information content (AvgIpc) is 3.45. The van der Waals surface area contributed by atoms with Crippen molar-refractivity contribution in [3.05, 3.63) is 47.9 Å². The largest absolute Gasteiger partial charge is 0.459 e. The molecule has 1 aromatic carbocycles. The Kier molecular flexibility index (Phi) is 5.62. The van der Waals surface area contributed by atoms with E-state index in [1.165, 1.54) is 6.26 Å². The van der Waals surface area contributed by atoms with Gasteiger partial charge in [0.05, 0.1) is 12.4 Å². The first-order chi connectivity index (χ1) is 14.1. The lowest BCUT2D eigenvalue weighted by Gasteiger charge is -2.29. The summed E-state index contributed by atoms with van der Waals surface area (Å²) in [7, 11) is 0. The fourth-order valence-corrected chi connectivity index (χ4v) is 3.68. The maximum absolute atomic E-state index is 12.7. The number of carbonyl (C=O) groups excluding carboxylic acids is 3. The van der Waals surface area contributed by atoms with E-state index >= 15 is 0 Å². The standard InChI is InChI=1S/C21H23N3O5/c25-19(22-13-16-5-2-10-28-16)20(26)23-15-8-7-14-4-1-9-24(17(14)12-15)21(27)18-6-3-11-29-18/h3,6-8,11-12,16H,1-2,4-5,9-10,13H2,(H,22,25)(H,23,26)/t16-/m0/s1. The van der Waals surface area contributed by atoms with Gasteiger partial charge in [0, 0.05) is 31.1 Å². The summed E-state index contributed by atoms with van der Waals surface area (Å²) < 4.78 is 10.7. The molecule has 1 fully saturated rings. The molecule has 0 radical (unpaired) electrons. The Hall–Kier alpha value is -3.13. The minimum Gasteiger partial charge on any atom is -0.459 e. The van der Waals surface area contributed by atoms with Gasteiger partial charge >= 0.3 is 11.8 Å². The fourth-order valence-electron chi connectivity index (χ4n) is 3.68. The van der Waals surface area contributed by atoms with Crippen LogP contribution in [0.3, 0.4) is 0 Å². The van der Waals surface area contributed by atoms with Crippen molar-refractivity contribution >= 4 is 29.1 Å². The smallest absolute Gasteiger partial charge is 0.313 e. The van der Waals surface area contributed by atoms with E-state index in [0.717, 1.165) is 36.9 Å². The van der Waals surface area contributed by atoms with Crippen molar-refractivity contribution in [2.45, 2.75) is 31.8 Å². The molecule has 0 bridgehead atoms. The van der Waals surface area contributed by atoms with Crippen molar-refractivity contribution < 1.29 is 23.5 Å². The van der Waals surface area contributed by atoms with Crippen LogP contribution in [0.4, 0.5) is 11.4 Å². The first kappa shape index (κ1) is 19.2. The minimum absolute atomic E-state index is 0.0309. The molecule has 2 aromatic rings. The second-order valence-corrected chi connectivity index (χ2v) is 7.18. The predicted octanol–water partition coefficient (Wildman–Crippen LogP) is 2.11. The van der Waals surface area contributed by atoms with Crippen LogP contribution in [-0.2, 0) is 20.7 Å². The van der Waals surface area contributed by atoms with Gasteiger partial charge in [-0.1, -0.05) is 6.07 Å². The zero-order chi connectivity index (χ0) is 20.2. The van der Waals surface area contributed by atoms with Crippen LogP contribution in [0.2, 0.25) is 0 Å². The number of hydrogen-bond donors (Lipinski definition) is 2. The minimum atomic E-state index is -0.748. The average molecular weight is 397 g/mol. The Morgan fingerprint density at radius 2 is 2.03 bits per heavy atom. The van der Waals surface area contributed by atoms with Crippen molar-refractivity contribution in [1.82, 2.24) is 5.32 Å². The fraction of sp³-hybridized carbons (Fsp3) is 0.381. The highest BCUT2D eigenvalue weighted by Crippen LogP contribution is 2.31. The number of rotatable bonds is 4. The number of anilines is 2. The monoisotopic (exact) mass is 397 g/mol. The normalized spacial score (nSPS) is 18.2. The highest BCUT2D eigenvalue weighted by molar-refractivity contribution is 6.39. The molecule has 8 nitrogen and oxygen atoms in total. The lowest BCUT2D eigenvalue weighted by Crippen LogP contribution is -2.39. The number of aryl methyl sites for hydroxylation is 1. The molecule has 3 amide bonds. The Bertz CT molecular complexity index is 903. The van der Waals surface area contributed by atoms with Crippen molar-refractivity contribution in [2.24, 2.45) is 0 Å². The first-order valence-corrected chi connectivity index (χ1v) is 9.81.